The van der Waals surface area contributed by atoms with E-state index < -0.39 is 35.8 Å². The van der Waals surface area contributed by atoms with E-state index in [1.165, 1.54) is 0 Å². The van der Waals surface area contributed by atoms with Gasteiger partial charge in [0.25, 0.3) is 0 Å². The first kappa shape index (κ1) is 26.5. The van der Waals surface area contributed by atoms with Crippen LogP contribution in [-0.4, -0.2) is 57.7 Å². The third-order valence-electron chi connectivity index (χ3n) is 5.09. The Balaban J connectivity index is 2.26. The van der Waals surface area contributed by atoms with Crippen LogP contribution in [0.5, 0.6) is 0 Å². The number of amides is 2. The lowest BCUT2D eigenvalue weighted by molar-refractivity contribution is -0.152. The van der Waals surface area contributed by atoms with Crippen LogP contribution in [0.4, 0.5) is 0 Å². The molecule has 3 N–H and O–H groups in total. The maximum Gasteiger partial charge on any atom is 0.328 e. The Kier molecular flexibility index (Phi) is 9.70. The molecule has 182 valence electrons. The molecule has 10 nitrogen and oxygen atoms in total. The molecule has 0 fully saturated rings. The van der Waals surface area contributed by atoms with Crippen molar-refractivity contribution >= 4 is 40.7 Å². The second-order valence-corrected chi connectivity index (χ2v) is 8.58. The van der Waals surface area contributed by atoms with Crippen molar-refractivity contribution in [2.75, 3.05) is 0 Å². The molecule has 0 aliphatic rings. The van der Waals surface area contributed by atoms with Crippen molar-refractivity contribution in [2.45, 2.75) is 65.1 Å². The zero-order valence-corrected chi connectivity index (χ0v) is 19.8. The van der Waals surface area contributed by atoms with Crippen molar-refractivity contribution in [1.82, 2.24) is 15.6 Å². The van der Waals surface area contributed by atoms with Crippen LogP contribution in [0.25, 0.3) is 16.4 Å². The average molecular weight is 470 g/mol. The molecule has 0 radical (unpaired) electrons. The number of carbonyl (C=O) groups is 4. The molecule has 2 amide bonds. The van der Waals surface area contributed by atoms with E-state index in [4.69, 9.17) is 10.3 Å². The van der Waals surface area contributed by atoms with Gasteiger partial charge in [-0.2, -0.15) is 4.79 Å². The third-order valence-corrected chi connectivity index (χ3v) is 5.09. The number of ketones is 1. The van der Waals surface area contributed by atoms with E-state index in [0.717, 1.165) is 22.7 Å². The Morgan fingerprint density at radius 1 is 1.06 bits per heavy atom. The SMILES string of the molecule is CC(C)OC(=O)[C@H](CCC(=O)C=[N+]=[N-])NC(=O)C(Cc1c[nH]c2ccccc12)NC(=O)C(C)C. The van der Waals surface area contributed by atoms with Gasteiger partial charge in [0, 0.05) is 35.9 Å². The number of fused-ring (bicyclic) bond motifs is 1. The minimum absolute atomic E-state index is 0.0555. The fraction of sp³-hybridized carbons (Fsp3) is 0.458. The van der Waals surface area contributed by atoms with Crippen LogP contribution in [0.1, 0.15) is 46.1 Å². The molecular weight excluding hydrogens is 438 g/mol. The summed E-state index contributed by atoms with van der Waals surface area (Å²) in [5.41, 5.74) is 10.2. The minimum Gasteiger partial charge on any atom is -0.461 e. The van der Waals surface area contributed by atoms with E-state index in [2.05, 4.69) is 20.4 Å². The summed E-state index contributed by atoms with van der Waals surface area (Å²) >= 11 is 0. The highest BCUT2D eigenvalue weighted by atomic mass is 16.5. The van der Waals surface area contributed by atoms with Crippen LogP contribution < -0.4 is 10.6 Å². The Bertz CT molecular complexity index is 1080. The molecule has 10 heteroatoms. The third kappa shape index (κ3) is 7.67. The number of benzene rings is 1. The van der Waals surface area contributed by atoms with E-state index in [9.17, 15) is 19.2 Å². The Morgan fingerprint density at radius 3 is 2.38 bits per heavy atom. The monoisotopic (exact) mass is 469 g/mol. The Labute approximate surface area is 198 Å². The smallest absolute Gasteiger partial charge is 0.328 e. The Morgan fingerprint density at radius 2 is 1.74 bits per heavy atom. The first-order chi connectivity index (χ1) is 16.1. The molecule has 2 aromatic rings. The molecule has 0 spiro atoms. The van der Waals surface area contributed by atoms with Crippen molar-refractivity contribution in [3.63, 3.8) is 0 Å². The molecule has 0 aliphatic heterocycles. The number of nitrogens with one attached hydrogen (secondary N) is 3. The normalized spacial score (nSPS) is 12.6. The fourth-order valence-electron chi connectivity index (χ4n) is 3.32. The lowest BCUT2D eigenvalue weighted by Crippen LogP contribution is -2.53. The summed E-state index contributed by atoms with van der Waals surface area (Å²) in [6.07, 6.45) is 2.08. The predicted octanol–water partition coefficient (Wildman–Crippen LogP) is 1.94. The zero-order valence-electron chi connectivity index (χ0n) is 19.8. The highest BCUT2D eigenvalue weighted by Gasteiger charge is 2.30. The molecule has 34 heavy (non-hydrogen) atoms. The number of nitrogens with zero attached hydrogens (tertiary/aromatic N) is 2. The molecule has 0 saturated carbocycles. The molecule has 0 bridgehead atoms. The largest absolute Gasteiger partial charge is 0.461 e. The molecule has 1 aromatic heterocycles. The van der Waals surface area contributed by atoms with Crippen molar-refractivity contribution < 1.29 is 28.7 Å². The van der Waals surface area contributed by atoms with Crippen LogP contribution in [0.3, 0.4) is 0 Å². The van der Waals surface area contributed by atoms with Gasteiger partial charge in [-0.05, 0) is 31.9 Å². The summed E-state index contributed by atoms with van der Waals surface area (Å²) < 4.78 is 5.23. The van der Waals surface area contributed by atoms with Crippen LogP contribution >= 0.6 is 0 Å². The number of rotatable bonds is 12. The van der Waals surface area contributed by atoms with Gasteiger partial charge in [-0.3, -0.25) is 14.4 Å². The van der Waals surface area contributed by atoms with E-state index in [0.29, 0.717) is 0 Å². The van der Waals surface area contributed by atoms with Crippen LogP contribution in [-0.2, 0) is 30.3 Å². The van der Waals surface area contributed by atoms with Gasteiger partial charge in [0.1, 0.15) is 12.1 Å². The van der Waals surface area contributed by atoms with Gasteiger partial charge < -0.3 is 25.9 Å². The summed E-state index contributed by atoms with van der Waals surface area (Å²) in [5, 5.41) is 6.30. The van der Waals surface area contributed by atoms with Gasteiger partial charge in [-0.15, -0.1) is 0 Å². The maximum atomic E-state index is 13.2. The second-order valence-electron chi connectivity index (χ2n) is 8.58. The number of carbonyl (C=O) groups excluding carboxylic acids is 4. The molecule has 1 heterocycles. The maximum absolute atomic E-state index is 13.2. The van der Waals surface area contributed by atoms with Gasteiger partial charge in [-0.1, -0.05) is 32.0 Å². The van der Waals surface area contributed by atoms with Gasteiger partial charge in [0.15, 0.2) is 0 Å². The van der Waals surface area contributed by atoms with Gasteiger partial charge in [0.2, 0.25) is 17.6 Å². The second kappa shape index (κ2) is 12.5. The predicted molar refractivity (Wildman–Crippen MR) is 126 cm³/mol. The molecular formula is C24H31N5O5. The summed E-state index contributed by atoms with van der Waals surface area (Å²) in [7, 11) is 0. The van der Waals surface area contributed by atoms with Crippen molar-refractivity contribution in [2.24, 2.45) is 5.92 Å². The number of ether oxygens (including phenoxy) is 1. The van der Waals surface area contributed by atoms with Crippen LogP contribution in [0.2, 0.25) is 0 Å². The summed E-state index contributed by atoms with van der Waals surface area (Å²) in [4.78, 5) is 55.8. The number of hydrogen-bond acceptors (Lipinski definition) is 5. The first-order valence-electron chi connectivity index (χ1n) is 11.2. The van der Waals surface area contributed by atoms with Crippen molar-refractivity contribution in [3.05, 3.63) is 41.6 Å². The van der Waals surface area contributed by atoms with E-state index in [1.807, 2.05) is 24.3 Å². The number of Topliss-reactive ketones (excluding diaryl/α,β-unsaturated/α-hetero) is 1. The van der Waals surface area contributed by atoms with Crippen molar-refractivity contribution in [1.29, 1.82) is 0 Å². The standard InChI is InChI=1S/C24H31N5O5/c1-14(2)22(31)29-21(11-16-12-26-19-8-6-5-7-18(16)19)23(32)28-20(24(33)34-15(3)4)10-9-17(30)13-27-25/h5-8,12-15,20-21,26H,9-11H2,1-4H3,(H,28,32)(H,29,31)/t20-,21?/m0/s1. The zero-order chi connectivity index (χ0) is 25.3. The van der Waals surface area contributed by atoms with E-state index in [-0.39, 0.29) is 31.1 Å². The average Bonchev–Trinajstić information content (AvgIpc) is 3.18. The van der Waals surface area contributed by atoms with E-state index >= 15 is 0 Å². The first-order valence-corrected chi connectivity index (χ1v) is 11.2. The fourth-order valence-corrected chi connectivity index (χ4v) is 3.32. The molecule has 1 aromatic carbocycles. The van der Waals surface area contributed by atoms with Gasteiger partial charge in [-0.25, -0.2) is 4.79 Å². The molecule has 2 rings (SSSR count). The topological polar surface area (TPSA) is 154 Å². The number of H-pyrrole nitrogens is 1. The minimum atomic E-state index is -1.12. The highest BCUT2D eigenvalue weighted by molar-refractivity contribution is 6.25. The molecule has 2 atom stereocenters. The summed E-state index contributed by atoms with van der Waals surface area (Å²) in [6, 6.07) is 5.51. The summed E-state index contributed by atoms with van der Waals surface area (Å²) in [6.45, 7) is 6.77. The van der Waals surface area contributed by atoms with Crippen molar-refractivity contribution in [3.8, 4) is 0 Å². The quantitative estimate of drug-likeness (QED) is 0.188. The van der Waals surface area contributed by atoms with Crippen LogP contribution in [0.15, 0.2) is 30.5 Å². The number of hydrogen-bond donors (Lipinski definition) is 3. The van der Waals surface area contributed by atoms with Crippen LogP contribution in [0, 0.1) is 5.92 Å². The molecule has 0 aliphatic carbocycles. The lowest BCUT2D eigenvalue weighted by Gasteiger charge is -2.23. The number of aromatic nitrogens is 1. The highest BCUT2D eigenvalue weighted by Crippen LogP contribution is 2.19. The molecule has 1 unspecified atom stereocenters. The Hall–Kier alpha value is -3.78. The van der Waals surface area contributed by atoms with Gasteiger partial charge >= 0.3 is 12.2 Å². The lowest BCUT2D eigenvalue weighted by atomic mass is 10.0. The number of para-hydroxylation sites is 1. The number of aromatic amines is 1. The van der Waals surface area contributed by atoms with Gasteiger partial charge in [0.05, 0.1) is 6.10 Å². The summed E-state index contributed by atoms with van der Waals surface area (Å²) in [5.74, 6) is -2.44. The number of esters is 1. The van der Waals surface area contributed by atoms with E-state index in [1.54, 1.807) is 33.9 Å². The molecule has 0 saturated heterocycles.